The summed E-state index contributed by atoms with van der Waals surface area (Å²) in [6, 6.07) is 5.00. The van der Waals surface area contributed by atoms with Gasteiger partial charge in [0.05, 0.1) is 4.92 Å². The molecule has 0 saturated carbocycles. The maximum atomic E-state index is 10.8. The Morgan fingerprint density at radius 2 is 2.10 bits per heavy atom. The second kappa shape index (κ2) is 5.38. The normalized spacial score (nSPS) is 19.9. The number of nitrogens with zero attached hydrogens (tertiary/aromatic N) is 3. The standard InChI is InChI=1S/C14H22N4O2/c1-14(2)10-17(7-6-16(14)3)9-11-4-5-13(18(19)20)12(15)8-11/h4-5,8H,6-7,9-10,15H2,1-3H3. The van der Waals surface area contributed by atoms with Crippen LogP contribution in [0.3, 0.4) is 0 Å². The Hall–Kier alpha value is -1.66. The van der Waals surface area contributed by atoms with Gasteiger partial charge >= 0.3 is 0 Å². The number of nitrogen functional groups attached to an aromatic ring is 1. The molecule has 0 bridgehead atoms. The molecule has 0 amide bonds. The molecule has 1 heterocycles. The predicted molar refractivity (Wildman–Crippen MR) is 79.5 cm³/mol. The molecule has 1 aromatic carbocycles. The van der Waals surface area contributed by atoms with Gasteiger partial charge in [0.15, 0.2) is 0 Å². The van der Waals surface area contributed by atoms with Gasteiger partial charge in [-0.2, -0.15) is 0 Å². The van der Waals surface area contributed by atoms with Crippen LogP contribution >= 0.6 is 0 Å². The Labute approximate surface area is 119 Å². The molecule has 0 aromatic heterocycles. The number of anilines is 1. The van der Waals surface area contributed by atoms with E-state index in [-0.39, 0.29) is 16.9 Å². The van der Waals surface area contributed by atoms with Gasteiger partial charge in [-0.1, -0.05) is 6.07 Å². The first-order valence-corrected chi connectivity index (χ1v) is 6.76. The van der Waals surface area contributed by atoms with Crippen LogP contribution in [0.15, 0.2) is 18.2 Å². The smallest absolute Gasteiger partial charge is 0.292 e. The molecule has 1 saturated heterocycles. The minimum absolute atomic E-state index is 0.0209. The minimum Gasteiger partial charge on any atom is -0.393 e. The maximum Gasteiger partial charge on any atom is 0.292 e. The lowest BCUT2D eigenvalue weighted by atomic mass is 9.99. The fraction of sp³-hybridized carbons (Fsp3) is 0.571. The lowest BCUT2D eigenvalue weighted by molar-refractivity contribution is -0.383. The zero-order chi connectivity index (χ0) is 14.9. The Balaban J connectivity index is 2.07. The van der Waals surface area contributed by atoms with E-state index in [9.17, 15) is 10.1 Å². The van der Waals surface area contributed by atoms with Gasteiger partial charge in [-0.25, -0.2) is 0 Å². The highest BCUT2D eigenvalue weighted by molar-refractivity contribution is 5.59. The first kappa shape index (κ1) is 14.7. The van der Waals surface area contributed by atoms with Crippen molar-refractivity contribution in [3.63, 3.8) is 0 Å². The van der Waals surface area contributed by atoms with Crippen LogP contribution in [-0.4, -0.2) is 46.9 Å². The van der Waals surface area contributed by atoms with Crippen molar-refractivity contribution in [2.45, 2.75) is 25.9 Å². The van der Waals surface area contributed by atoms with Crippen LogP contribution < -0.4 is 5.73 Å². The molecule has 1 aliphatic rings. The molecule has 0 aliphatic carbocycles. The third-order valence-electron chi connectivity index (χ3n) is 4.09. The number of likely N-dealkylation sites (N-methyl/N-ethyl adjacent to an activating group) is 1. The highest BCUT2D eigenvalue weighted by Gasteiger charge is 2.30. The highest BCUT2D eigenvalue weighted by atomic mass is 16.6. The fourth-order valence-electron chi connectivity index (χ4n) is 2.60. The highest BCUT2D eigenvalue weighted by Crippen LogP contribution is 2.25. The maximum absolute atomic E-state index is 10.8. The summed E-state index contributed by atoms with van der Waals surface area (Å²) in [6.45, 7) is 8.22. The number of piperazine rings is 1. The van der Waals surface area contributed by atoms with E-state index in [4.69, 9.17) is 5.73 Å². The molecule has 0 unspecified atom stereocenters. The van der Waals surface area contributed by atoms with Gasteiger partial charge < -0.3 is 5.73 Å². The monoisotopic (exact) mass is 278 g/mol. The quantitative estimate of drug-likeness (QED) is 0.517. The van der Waals surface area contributed by atoms with E-state index < -0.39 is 4.92 Å². The lowest BCUT2D eigenvalue weighted by Crippen LogP contribution is -2.57. The van der Waals surface area contributed by atoms with Crippen LogP contribution in [0.2, 0.25) is 0 Å². The molecule has 1 aliphatic heterocycles. The largest absolute Gasteiger partial charge is 0.393 e. The van der Waals surface area contributed by atoms with Gasteiger partial charge in [-0.3, -0.25) is 19.9 Å². The van der Waals surface area contributed by atoms with Crippen LogP contribution in [0.1, 0.15) is 19.4 Å². The molecule has 1 fully saturated rings. The number of nitro benzene ring substituents is 1. The summed E-state index contributed by atoms with van der Waals surface area (Å²) in [5.41, 5.74) is 7.12. The molecule has 6 nitrogen and oxygen atoms in total. The summed E-state index contributed by atoms with van der Waals surface area (Å²) in [7, 11) is 2.14. The molecule has 2 rings (SSSR count). The first-order chi connectivity index (χ1) is 9.29. The van der Waals surface area contributed by atoms with E-state index >= 15 is 0 Å². The third kappa shape index (κ3) is 3.08. The van der Waals surface area contributed by atoms with Gasteiger partial charge in [0.25, 0.3) is 5.69 Å². The van der Waals surface area contributed by atoms with E-state index in [1.165, 1.54) is 6.07 Å². The van der Waals surface area contributed by atoms with Crippen molar-refractivity contribution in [3.05, 3.63) is 33.9 Å². The SMILES string of the molecule is CN1CCN(Cc2ccc([N+](=O)[O-])c(N)c2)CC1(C)C. The van der Waals surface area contributed by atoms with Gasteiger partial charge in [-0.15, -0.1) is 0 Å². The molecule has 0 radical (unpaired) electrons. The molecular weight excluding hydrogens is 256 g/mol. The Bertz CT molecular complexity index is 516. The average Bonchev–Trinajstić information content (AvgIpc) is 2.33. The zero-order valence-electron chi connectivity index (χ0n) is 12.3. The molecule has 110 valence electrons. The van der Waals surface area contributed by atoms with Crippen molar-refractivity contribution in [2.75, 3.05) is 32.4 Å². The predicted octanol–water partition coefficient (Wildman–Crippen LogP) is 1.70. The van der Waals surface area contributed by atoms with E-state index in [1.807, 2.05) is 0 Å². The van der Waals surface area contributed by atoms with Gasteiger partial charge in [-0.05, 0) is 32.5 Å². The van der Waals surface area contributed by atoms with Crippen molar-refractivity contribution in [3.8, 4) is 0 Å². The van der Waals surface area contributed by atoms with Gasteiger partial charge in [0.1, 0.15) is 5.69 Å². The molecule has 20 heavy (non-hydrogen) atoms. The number of hydrogen-bond donors (Lipinski definition) is 1. The van der Waals surface area contributed by atoms with Crippen LogP contribution in [-0.2, 0) is 6.54 Å². The van der Waals surface area contributed by atoms with Crippen LogP contribution in [0.4, 0.5) is 11.4 Å². The molecule has 2 N–H and O–H groups in total. The number of benzene rings is 1. The van der Waals surface area contributed by atoms with Gasteiger partial charge in [0, 0.05) is 37.8 Å². The molecule has 0 spiro atoms. The van der Waals surface area contributed by atoms with Crippen molar-refractivity contribution in [2.24, 2.45) is 0 Å². The van der Waals surface area contributed by atoms with E-state index in [1.54, 1.807) is 12.1 Å². The first-order valence-electron chi connectivity index (χ1n) is 6.76. The molecule has 6 heteroatoms. The Morgan fingerprint density at radius 1 is 1.40 bits per heavy atom. The number of rotatable bonds is 3. The summed E-state index contributed by atoms with van der Waals surface area (Å²) < 4.78 is 0. The number of nitrogens with two attached hydrogens (primary N) is 1. The van der Waals surface area contributed by atoms with E-state index in [0.29, 0.717) is 0 Å². The summed E-state index contributed by atoms with van der Waals surface area (Å²) in [4.78, 5) is 15.0. The molecule has 1 aromatic rings. The topological polar surface area (TPSA) is 75.6 Å². The van der Waals surface area contributed by atoms with Crippen LogP contribution in [0.5, 0.6) is 0 Å². The summed E-state index contributed by atoms with van der Waals surface area (Å²) in [6.07, 6.45) is 0. The van der Waals surface area contributed by atoms with Gasteiger partial charge in [0.2, 0.25) is 0 Å². The Kier molecular flexibility index (Phi) is 3.96. The van der Waals surface area contributed by atoms with E-state index in [2.05, 4.69) is 30.7 Å². The molecule has 0 atom stereocenters. The van der Waals surface area contributed by atoms with Crippen LogP contribution in [0.25, 0.3) is 0 Å². The summed E-state index contributed by atoms with van der Waals surface area (Å²) >= 11 is 0. The fourth-order valence-corrected chi connectivity index (χ4v) is 2.60. The summed E-state index contributed by atoms with van der Waals surface area (Å²) in [5.74, 6) is 0. The summed E-state index contributed by atoms with van der Waals surface area (Å²) in [5, 5.41) is 10.8. The Morgan fingerprint density at radius 3 is 2.65 bits per heavy atom. The lowest BCUT2D eigenvalue weighted by Gasteiger charge is -2.45. The minimum atomic E-state index is -0.446. The van der Waals surface area contributed by atoms with Crippen molar-refractivity contribution in [1.29, 1.82) is 0 Å². The van der Waals surface area contributed by atoms with Crippen molar-refractivity contribution < 1.29 is 4.92 Å². The van der Waals surface area contributed by atoms with Crippen molar-refractivity contribution >= 4 is 11.4 Å². The molecular formula is C14H22N4O2. The number of nitro groups is 1. The van der Waals surface area contributed by atoms with E-state index in [0.717, 1.165) is 31.7 Å². The number of hydrogen-bond acceptors (Lipinski definition) is 5. The van der Waals surface area contributed by atoms with Crippen LogP contribution in [0, 0.1) is 10.1 Å². The second-order valence-corrected chi connectivity index (χ2v) is 6.09. The second-order valence-electron chi connectivity index (χ2n) is 6.09. The van der Waals surface area contributed by atoms with Crippen molar-refractivity contribution in [1.82, 2.24) is 9.80 Å². The zero-order valence-corrected chi connectivity index (χ0v) is 12.3. The average molecular weight is 278 g/mol. The third-order valence-corrected chi connectivity index (χ3v) is 4.09.